The van der Waals surface area contributed by atoms with Gasteiger partial charge in [0.2, 0.25) is 0 Å². The van der Waals surface area contributed by atoms with Crippen LogP contribution in [0.5, 0.6) is 0 Å². The van der Waals surface area contributed by atoms with Gasteiger partial charge in [-0.05, 0) is 19.8 Å². The van der Waals surface area contributed by atoms with E-state index in [1.807, 2.05) is 11.7 Å². The number of hydrogen-bond acceptors (Lipinski definition) is 3. The van der Waals surface area contributed by atoms with Crippen LogP contribution in [0.1, 0.15) is 39.3 Å². The molecule has 92 valence electrons. The van der Waals surface area contributed by atoms with E-state index in [1.54, 1.807) is 0 Å². The monoisotopic (exact) mass is 224 g/mol. The van der Waals surface area contributed by atoms with E-state index in [4.69, 9.17) is 5.73 Å². The van der Waals surface area contributed by atoms with Crippen molar-refractivity contribution in [3.63, 3.8) is 0 Å². The standard InChI is InChI=1S/C12H24N4/c1-6-8-10-11(13)12(16(5)14-10)15(4)9(3)7-2/h9H,6-8,13H2,1-5H3. The van der Waals surface area contributed by atoms with Crippen molar-refractivity contribution in [2.24, 2.45) is 7.05 Å². The molecule has 1 aromatic rings. The minimum absolute atomic E-state index is 0.479. The van der Waals surface area contributed by atoms with Gasteiger partial charge in [-0.2, -0.15) is 5.10 Å². The van der Waals surface area contributed by atoms with E-state index in [0.29, 0.717) is 6.04 Å². The van der Waals surface area contributed by atoms with Gasteiger partial charge in [0.1, 0.15) is 5.82 Å². The molecule has 0 saturated carbocycles. The third-order valence-electron chi connectivity index (χ3n) is 3.20. The molecular weight excluding hydrogens is 200 g/mol. The quantitative estimate of drug-likeness (QED) is 0.834. The van der Waals surface area contributed by atoms with Gasteiger partial charge in [0.05, 0.1) is 11.4 Å². The molecular formula is C12H24N4. The van der Waals surface area contributed by atoms with Gasteiger partial charge in [0.15, 0.2) is 0 Å². The first kappa shape index (κ1) is 12.9. The Kier molecular flexibility index (Phi) is 4.21. The SMILES string of the molecule is CCCc1nn(C)c(N(C)C(C)CC)c1N. The van der Waals surface area contributed by atoms with Crippen LogP contribution in [0.4, 0.5) is 11.5 Å². The van der Waals surface area contributed by atoms with Crippen molar-refractivity contribution < 1.29 is 0 Å². The van der Waals surface area contributed by atoms with Crippen LogP contribution in [0.2, 0.25) is 0 Å². The lowest BCUT2D eigenvalue weighted by atomic mass is 10.2. The molecule has 0 spiro atoms. The van der Waals surface area contributed by atoms with Gasteiger partial charge < -0.3 is 10.6 Å². The van der Waals surface area contributed by atoms with Gasteiger partial charge in [-0.25, -0.2) is 0 Å². The molecule has 0 saturated heterocycles. The molecule has 1 atom stereocenters. The second-order valence-electron chi connectivity index (χ2n) is 4.43. The summed E-state index contributed by atoms with van der Waals surface area (Å²) in [5.41, 5.74) is 8.02. The summed E-state index contributed by atoms with van der Waals surface area (Å²) in [6.45, 7) is 6.53. The Morgan fingerprint density at radius 2 is 2.06 bits per heavy atom. The van der Waals surface area contributed by atoms with Crippen molar-refractivity contribution in [1.82, 2.24) is 9.78 Å². The predicted octanol–water partition coefficient (Wildman–Crippen LogP) is 2.19. The molecule has 0 aliphatic carbocycles. The molecule has 0 radical (unpaired) electrons. The lowest BCUT2D eigenvalue weighted by Gasteiger charge is -2.26. The van der Waals surface area contributed by atoms with Crippen LogP contribution in [0.3, 0.4) is 0 Å². The van der Waals surface area contributed by atoms with Crippen LogP contribution in [-0.4, -0.2) is 22.9 Å². The van der Waals surface area contributed by atoms with Crippen molar-refractivity contribution in [1.29, 1.82) is 0 Å². The molecule has 16 heavy (non-hydrogen) atoms. The summed E-state index contributed by atoms with van der Waals surface area (Å²) in [7, 11) is 4.04. The zero-order valence-electron chi connectivity index (χ0n) is 11.1. The third kappa shape index (κ3) is 2.31. The molecule has 0 aliphatic rings. The highest BCUT2D eigenvalue weighted by Crippen LogP contribution is 2.27. The van der Waals surface area contributed by atoms with Crippen LogP contribution in [0.25, 0.3) is 0 Å². The lowest BCUT2D eigenvalue weighted by Crippen LogP contribution is -2.30. The molecule has 0 fully saturated rings. The van der Waals surface area contributed by atoms with Gasteiger partial charge in [-0.3, -0.25) is 4.68 Å². The Hall–Kier alpha value is -1.19. The first-order chi connectivity index (χ1) is 7.52. The second-order valence-corrected chi connectivity index (χ2v) is 4.43. The molecule has 0 bridgehead atoms. The Morgan fingerprint density at radius 1 is 1.44 bits per heavy atom. The zero-order valence-corrected chi connectivity index (χ0v) is 11.1. The Bertz CT molecular complexity index is 343. The summed E-state index contributed by atoms with van der Waals surface area (Å²) >= 11 is 0. The maximum Gasteiger partial charge on any atom is 0.150 e. The lowest BCUT2D eigenvalue weighted by molar-refractivity contribution is 0.628. The van der Waals surface area contributed by atoms with Gasteiger partial charge >= 0.3 is 0 Å². The minimum atomic E-state index is 0.479. The fourth-order valence-electron chi connectivity index (χ4n) is 1.91. The smallest absolute Gasteiger partial charge is 0.150 e. The fourth-order valence-corrected chi connectivity index (χ4v) is 1.91. The number of rotatable bonds is 5. The van der Waals surface area contributed by atoms with E-state index >= 15 is 0 Å². The summed E-state index contributed by atoms with van der Waals surface area (Å²) in [5, 5.41) is 4.49. The molecule has 1 aromatic heterocycles. The Balaban J connectivity index is 3.03. The molecule has 1 unspecified atom stereocenters. The van der Waals surface area contributed by atoms with Crippen LogP contribution in [-0.2, 0) is 13.5 Å². The average molecular weight is 224 g/mol. The van der Waals surface area contributed by atoms with E-state index in [1.165, 1.54) is 0 Å². The van der Waals surface area contributed by atoms with Gasteiger partial charge in [0, 0.05) is 20.1 Å². The third-order valence-corrected chi connectivity index (χ3v) is 3.20. The maximum atomic E-state index is 6.16. The second kappa shape index (κ2) is 5.23. The topological polar surface area (TPSA) is 47.1 Å². The van der Waals surface area contributed by atoms with Crippen LogP contribution in [0, 0.1) is 0 Å². The first-order valence-corrected chi connectivity index (χ1v) is 6.07. The molecule has 2 N–H and O–H groups in total. The molecule has 1 heterocycles. The summed E-state index contributed by atoms with van der Waals surface area (Å²) < 4.78 is 1.90. The van der Waals surface area contributed by atoms with E-state index in [9.17, 15) is 0 Å². The first-order valence-electron chi connectivity index (χ1n) is 6.07. The van der Waals surface area contributed by atoms with Crippen LogP contribution < -0.4 is 10.6 Å². The van der Waals surface area contributed by atoms with E-state index in [-0.39, 0.29) is 0 Å². The number of nitrogen functional groups attached to an aromatic ring is 1. The molecule has 0 aliphatic heterocycles. The number of hydrogen-bond donors (Lipinski definition) is 1. The van der Waals surface area contributed by atoms with Gasteiger partial charge in [-0.15, -0.1) is 0 Å². The average Bonchev–Trinajstić information content (AvgIpc) is 2.53. The highest BCUT2D eigenvalue weighted by atomic mass is 15.4. The molecule has 1 rings (SSSR count). The van der Waals surface area contributed by atoms with Crippen LogP contribution in [0.15, 0.2) is 0 Å². The molecule has 4 heteroatoms. The largest absolute Gasteiger partial charge is 0.394 e. The summed E-state index contributed by atoms with van der Waals surface area (Å²) in [6, 6.07) is 0.479. The molecule has 0 amide bonds. The maximum absolute atomic E-state index is 6.16. The Labute approximate surface area is 98.4 Å². The van der Waals surface area contributed by atoms with E-state index in [0.717, 1.165) is 36.5 Å². The fraction of sp³-hybridized carbons (Fsp3) is 0.750. The number of nitrogens with zero attached hydrogens (tertiary/aromatic N) is 3. The zero-order chi connectivity index (χ0) is 12.3. The van der Waals surface area contributed by atoms with Crippen molar-refractivity contribution in [3.8, 4) is 0 Å². The van der Waals surface area contributed by atoms with Crippen molar-refractivity contribution in [2.45, 2.75) is 46.1 Å². The number of nitrogens with two attached hydrogens (primary N) is 1. The normalized spacial score (nSPS) is 12.8. The predicted molar refractivity (Wildman–Crippen MR) is 69.8 cm³/mol. The summed E-state index contributed by atoms with van der Waals surface area (Å²) in [4.78, 5) is 2.21. The Morgan fingerprint density at radius 3 is 2.56 bits per heavy atom. The highest BCUT2D eigenvalue weighted by molar-refractivity contribution is 5.66. The number of aromatic nitrogens is 2. The number of aryl methyl sites for hydroxylation is 2. The highest BCUT2D eigenvalue weighted by Gasteiger charge is 2.18. The van der Waals surface area contributed by atoms with Crippen molar-refractivity contribution in [3.05, 3.63) is 5.69 Å². The van der Waals surface area contributed by atoms with Crippen LogP contribution >= 0.6 is 0 Å². The van der Waals surface area contributed by atoms with Gasteiger partial charge in [-0.1, -0.05) is 20.3 Å². The van der Waals surface area contributed by atoms with Gasteiger partial charge in [0.25, 0.3) is 0 Å². The molecule has 0 aromatic carbocycles. The summed E-state index contributed by atoms with van der Waals surface area (Å²) in [5.74, 6) is 1.04. The molecule has 4 nitrogen and oxygen atoms in total. The van der Waals surface area contributed by atoms with Crippen molar-refractivity contribution in [2.75, 3.05) is 17.7 Å². The minimum Gasteiger partial charge on any atom is -0.394 e. The number of anilines is 2. The van der Waals surface area contributed by atoms with E-state index in [2.05, 4.69) is 37.8 Å². The van der Waals surface area contributed by atoms with Crippen molar-refractivity contribution >= 4 is 11.5 Å². The van der Waals surface area contributed by atoms with E-state index < -0.39 is 0 Å². The summed E-state index contributed by atoms with van der Waals surface area (Å²) in [6.07, 6.45) is 3.13.